The van der Waals surface area contributed by atoms with Gasteiger partial charge in [-0.25, -0.2) is 0 Å². The number of nitrogens with zero attached hydrogens (tertiary/aromatic N) is 4. The van der Waals surface area contributed by atoms with Crippen LogP contribution in [0.5, 0.6) is 0 Å². The predicted octanol–water partition coefficient (Wildman–Crippen LogP) is 4.64. The first-order valence-corrected chi connectivity index (χ1v) is 17.5. The van der Waals surface area contributed by atoms with Gasteiger partial charge in [-0.1, -0.05) is 0 Å². The van der Waals surface area contributed by atoms with Gasteiger partial charge >= 0.3 is 261 Å². The molecule has 43 heavy (non-hydrogen) atoms. The molecule has 0 amide bonds. The second-order valence-corrected chi connectivity index (χ2v) is 17.2. The van der Waals surface area contributed by atoms with Crippen LogP contribution in [-0.2, 0) is 47.4 Å². The summed E-state index contributed by atoms with van der Waals surface area (Å²) < 4.78 is 28.8. The van der Waals surface area contributed by atoms with Gasteiger partial charge in [0.1, 0.15) is 0 Å². The van der Waals surface area contributed by atoms with Crippen LogP contribution in [0.15, 0.2) is 47.8 Å². The third-order valence-electron chi connectivity index (χ3n) is 9.87. The fourth-order valence-corrected chi connectivity index (χ4v) is 11.3. The molecule has 0 radical (unpaired) electrons. The van der Waals surface area contributed by atoms with Crippen molar-refractivity contribution in [3.05, 3.63) is 93.3 Å². The van der Waals surface area contributed by atoms with E-state index in [1.54, 1.807) is 0 Å². The SMILES string of the molecule is CC(C)(C)c1cc2[c-]c(c1)C1COC3=C4OCC5c6[c-]c(cc(C(C)(C)C)c6)C6COC7=C8OCC2N8[C](=[Pt]=[C](N31)N45)N76. The molecular weight excluding hydrogens is 723 g/mol. The summed E-state index contributed by atoms with van der Waals surface area (Å²) in [6, 6.07) is 17.3. The summed E-state index contributed by atoms with van der Waals surface area (Å²) >= 11 is -0.738. The van der Waals surface area contributed by atoms with Crippen LogP contribution < -0.4 is 0 Å². The zero-order chi connectivity index (χ0) is 29.2. The average molecular weight is 758 g/mol. The molecule has 2 aromatic carbocycles. The molecule has 4 unspecified atom stereocenters. The first kappa shape index (κ1) is 25.1. The van der Waals surface area contributed by atoms with Gasteiger partial charge in [0.2, 0.25) is 0 Å². The molecule has 9 heteroatoms. The Hall–Kier alpha value is -3.25. The number of hydrogen-bond acceptors (Lipinski definition) is 8. The van der Waals surface area contributed by atoms with E-state index in [9.17, 15) is 0 Å². The molecule has 8 heterocycles. The van der Waals surface area contributed by atoms with E-state index >= 15 is 0 Å². The Labute approximate surface area is 260 Å². The standard InChI is InChI=1S/C34H34N4O4.Pt/c1-33(2,3)23-9-19-7-20(10-23)26-14-40-30-32-38(18-36(26)30)28(16-42-32)22-8-21(11-24(12-22)34(4,5)6)27-15-41-31-29-35(17-37(27)31)25(19)13-39-29;/h9-12,25-28H,13-16H2,1-6H3;/q-2;. The maximum absolute atomic E-state index is 6.56. The van der Waals surface area contributed by atoms with Gasteiger partial charge in [-0.15, -0.1) is 0 Å². The Morgan fingerprint density at radius 2 is 0.814 bits per heavy atom. The number of fused-ring (bicyclic) bond motifs is 8. The van der Waals surface area contributed by atoms with Crippen LogP contribution in [-0.4, -0.2) is 54.3 Å². The molecule has 8 aliphatic heterocycles. The Kier molecular flexibility index (Phi) is 4.60. The second kappa shape index (κ2) is 7.87. The molecule has 6 bridgehead atoms. The summed E-state index contributed by atoms with van der Waals surface area (Å²) in [7, 11) is 0. The fourth-order valence-electron chi connectivity index (χ4n) is 7.40. The van der Waals surface area contributed by atoms with E-state index in [1.165, 1.54) is 41.7 Å². The van der Waals surface area contributed by atoms with Crippen LogP contribution >= 0.6 is 0 Å². The topological polar surface area (TPSA) is 49.9 Å². The van der Waals surface area contributed by atoms with Crippen molar-refractivity contribution in [2.75, 3.05) is 26.4 Å². The van der Waals surface area contributed by atoms with E-state index in [4.69, 9.17) is 18.9 Å². The molecule has 8 nitrogen and oxygen atoms in total. The van der Waals surface area contributed by atoms with Gasteiger partial charge in [0.05, 0.1) is 0 Å². The van der Waals surface area contributed by atoms with Crippen molar-refractivity contribution >= 4 is 8.29 Å². The van der Waals surface area contributed by atoms with Crippen molar-refractivity contribution in [2.45, 2.75) is 76.5 Å². The summed E-state index contributed by atoms with van der Waals surface area (Å²) in [6.45, 7) is 16.1. The van der Waals surface area contributed by atoms with Crippen molar-refractivity contribution in [1.82, 2.24) is 19.6 Å². The summed E-state index contributed by atoms with van der Waals surface area (Å²) in [5, 5.41) is 0. The molecule has 0 aliphatic carbocycles. The maximum atomic E-state index is 6.56. The van der Waals surface area contributed by atoms with E-state index in [1.807, 2.05) is 0 Å². The van der Waals surface area contributed by atoms with Crippen LogP contribution in [0.3, 0.4) is 0 Å². The molecule has 8 aliphatic rings. The molecule has 2 aromatic rings. The molecule has 0 saturated carbocycles. The summed E-state index contributed by atoms with van der Waals surface area (Å²) in [5.41, 5.74) is 7.27. The molecule has 4 fully saturated rings. The van der Waals surface area contributed by atoms with E-state index in [0.717, 1.165) is 23.5 Å². The number of rotatable bonds is 0. The molecule has 4 atom stereocenters. The van der Waals surface area contributed by atoms with Gasteiger partial charge < -0.3 is 0 Å². The minimum absolute atomic E-state index is 0.0150. The van der Waals surface area contributed by atoms with Crippen molar-refractivity contribution in [2.24, 2.45) is 0 Å². The Bertz CT molecular complexity index is 1580. The first-order valence-electron chi connectivity index (χ1n) is 15.2. The molecule has 0 spiro atoms. The first-order chi connectivity index (χ1) is 20.6. The molecule has 0 N–H and O–H groups in total. The number of ether oxygens (including phenoxy) is 4. The number of hydrogen-bond donors (Lipinski definition) is 0. The number of benzene rings is 2. The van der Waals surface area contributed by atoms with Crippen LogP contribution in [0.4, 0.5) is 0 Å². The Morgan fingerprint density at radius 3 is 1.07 bits per heavy atom. The monoisotopic (exact) mass is 757 g/mol. The van der Waals surface area contributed by atoms with E-state index in [0.29, 0.717) is 26.4 Å². The van der Waals surface area contributed by atoms with E-state index in [2.05, 4.69) is 97.5 Å². The molecule has 10 rings (SSSR count). The van der Waals surface area contributed by atoms with Gasteiger partial charge in [-0.05, 0) is 0 Å². The quantitative estimate of drug-likeness (QED) is 0.361. The van der Waals surface area contributed by atoms with Crippen LogP contribution in [0.1, 0.15) is 99.1 Å². The zero-order valence-electron chi connectivity index (χ0n) is 25.2. The van der Waals surface area contributed by atoms with Crippen molar-refractivity contribution in [3.63, 3.8) is 0 Å². The fraction of sp³-hybridized carbons (Fsp3) is 0.471. The normalized spacial score (nSPS) is 29.2. The summed E-state index contributed by atoms with van der Waals surface area (Å²) in [5.74, 6) is 3.39. The predicted molar refractivity (Wildman–Crippen MR) is 154 cm³/mol. The molecule has 226 valence electrons. The van der Waals surface area contributed by atoms with E-state index in [-0.39, 0.29) is 35.0 Å². The molecule has 0 aromatic heterocycles. The van der Waals surface area contributed by atoms with Crippen LogP contribution in [0, 0.1) is 12.1 Å². The average Bonchev–Trinajstić information content (AvgIpc) is 3.77. The molecule has 4 saturated heterocycles. The van der Waals surface area contributed by atoms with E-state index < -0.39 is 17.6 Å². The van der Waals surface area contributed by atoms with Crippen molar-refractivity contribution < 1.29 is 36.6 Å². The van der Waals surface area contributed by atoms with Gasteiger partial charge in [0, 0.05) is 0 Å². The van der Waals surface area contributed by atoms with Gasteiger partial charge in [0.25, 0.3) is 0 Å². The van der Waals surface area contributed by atoms with Crippen molar-refractivity contribution in [3.8, 4) is 0 Å². The Balaban J connectivity index is 1.30. The minimum atomic E-state index is -0.738. The van der Waals surface area contributed by atoms with Crippen molar-refractivity contribution in [1.29, 1.82) is 0 Å². The zero-order valence-corrected chi connectivity index (χ0v) is 27.5. The van der Waals surface area contributed by atoms with Crippen LogP contribution in [0.2, 0.25) is 0 Å². The Morgan fingerprint density at radius 1 is 0.535 bits per heavy atom. The second-order valence-electron chi connectivity index (χ2n) is 14.6. The summed E-state index contributed by atoms with van der Waals surface area (Å²) in [4.78, 5) is 9.78. The van der Waals surface area contributed by atoms with Crippen LogP contribution in [0.25, 0.3) is 0 Å². The third-order valence-corrected chi connectivity index (χ3v) is 13.1. The molecular formula is C34H34N4O4Pt-2. The van der Waals surface area contributed by atoms with Gasteiger partial charge in [0.15, 0.2) is 0 Å². The van der Waals surface area contributed by atoms with Gasteiger partial charge in [-0.2, -0.15) is 0 Å². The summed E-state index contributed by atoms with van der Waals surface area (Å²) in [6.07, 6.45) is 0. The third kappa shape index (κ3) is 3.16. The van der Waals surface area contributed by atoms with Gasteiger partial charge in [-0.3, -0.25) is 0 Å².